The molecule has 0 spiro atoms. The molecule has 2 N–H and O–H groups in total. The van der Waals surface area contributed by atoms with Crippen LogP contribution in [0.3, 0.4) is 0 Å². The number of piperidine rings is 1. The summed E-state index contributed by atoms with van der Waals surface area (Å²) in [4.78, 5) is 26.8. The van der Waals surface area contributed by atoms with Crippen LogP contribution in [0.25, 0.3) is 0 Å². The van der Waals surface area contributed by atoms with Crippen LogP contribution >= 0.6 is 0 Å². The highest BCUT2D eigenvalue weighted by Crippen LogP contribution is 2.16. The Morgan fingerprint density at radius 3 is 2.27 bits per heavy atom. The van der Waals surface area contributed by atoms with Crippen molar-refractivity contribution in [2.75, 3.05) is 5.32 Å². The molecular weight excluding hydrogens is 278 g/mol. The molecule has 2 rings (SSSR count). The van der Waals surface area contributed by atoms with Crippen LogP contribution in [0.2, 0.25) is 0 Å². The molecule has 22 heavy (non-hydrogen) atoms. The van der Waals surface area contributed by atoms with Gasteiger partial charge in [-0.1, -0.05) is 47.6 Å². The summed E-state index contributed by atoms with van der Waals surface area (Å²) in [5.74, 6) is 0.609. The summed E-state index contributed by atoms with van der Waals surface area (Å²) in [5, 5.41) is 5.35. The molecule has 0 bridgehead atoms. The summed E-state index contributed by atoms with van der Waals surface area (Å²) in [6.07, 6.45) is 2.69. The van der Waals surface area contributed by atoms with E-state index in [0.717, 1.165) is 5.56 Å². The normalized spacial score (nSPS) is 16.8. The van der Waals surface area contributed by atoms with E-state index in [1.54, 1.807) is 6.20 Å². The maximum Gasteiger partial charge on any atom is 0.249 e. The standard InChI is InChI=1S/C13H17N3O2.2C2H6/c1-8(2)9-3-5-11(14-7-9)15-10-4-6-12(17)16-13(10)18;2*1-2/h3,5,7-8,10H,4,6H2,1-2H3,(H,14,15)(H,16,17,18);2*1-2H3. The molecule has 0 saturated carbocycles. The summed E-state index contributed by atoms with van der Waals surface area (Å²) in [5.41, 5.74) is 1.16. The molecular formula is C17H29N3O2. The van der Waals surface area contributed by atoms with Crippen molar-refractivity contribution >= 4 is 17.6 Å². The van der Waals surface area contributed by atoms with Gasteiger partial charge in [-0.3, -0.25) is 14.9 Å². The van der Waals surface area contributed by atoms with Crippen molar-refractivity contribution in [3.8, 4) is 0 Å². The van der Waals surface area contributed by atoms with Crippen molar-refractivity contribution in [1.29, 1.82) is 0 Å². The number of aromatic nitrogens is 1. The van der Waals surface area contributed by atoms with Gasteiger partial charge in [0.25, 0.3) is 0 Å². The Kier molecular flexibility index (Phi) is 9.83. The summed E-state index contributed by atoms with van der Waals surface area (Å²) < 4.78 is 0. The van der Waals surface area contributed by atoms with E-state index < -0.39 is 0 Å². The highest BCUT2D eigenvalue weighted by Gasteiger charge is 2.26. The minimum Gasteiger partial charge on any atom is -0.358 e. The third kappa shape index (κ3) is 6.24. The average molecular weight is 307 g/mol. The first-order valence-electron chi connectivity index (χ1n) is 8.12. The van der Waals surface area contributed by atoms with Gasteiger partial charge in [0, 0.05) is 12.6 Å². The van der Waals surface area contributed by atoms with Crippen LogP contribution in [0.15, 0.2) is 18.3 Å². The predicted octanol–water partition coefficient (Wildman–Crippen LogP) is 3.47. The third-order valence-electron chi connectivity index (χ3n) is 3.01. The van der Waals surface area contributed by atoms with Gasteiger partial charge >= 0.3 is 0 Å². The molecule has 0 aromatic carbocycles. The van der Waals surface area contributed by atoms with Crippen molar-refractivity contribution in [3.63, 3.8) is 0 Å². The van der Waals surface area contributed by atoms with Crippen molar-refractivity contribution < 1.29 is 9.59 Å². The Balaban J connectivity index is 0.00000102. The van der Waals surface area contributed by atoms with Crippen LogP contribution in [-0.2, 0) is 9.59 Å². The first-order chi connectivity index (χ1) is 10.6. The Bertz CT molecular complexity index is 455. The zero-order valence-corrected chi connectivity index (χ0v) is 14.6. The van der Waals surface area contributed by atoms with Crippen LogP contribution in [0, 0.1) is 0 Å². The van der Waals surface area contributed by atoms with Crippen molar-refractivity contribution in [2.24, 2.45) is 0 Å². The number of carbonyl (C=O) groups is 2. The van der Waals surface area contributed by atoms with E-state index in [1.165, 1.54) is 0 Å². The lowest BCUT2D eigenvalue weighted by Crippen LogP contribution is -2.47. The molecule has 5 heteroatoms. The molecule has 1 saturated heterocycles. The molecule has 0 radical (unpaired) electrons. The lowest BCUT2D eigenvalue weighted by molar-refractivity contribution is -0.133. The maximum atomic E-state index is 11.6. The number of pyridine rings is 1. The zero-order chi connectivity index (χ0) is 17.1. The zero-order valence-electron chi connectivity index (χ0n) is 14.6. The van der Waals surface area contributed by atoms with Gasteiger partial charge in [0.05, 0.1) is 0 Å². The second-order valence-electron chi connectivity index (χ2n) is 4.78. The van der Waals surface area contributed by atoms with Crippen molar-refractivity contribution in [3.05, 3.63) is 23.9 Å². The largest absolute Gasteiger partial charge is 0.358 e. The number of rotatable bonds is 3. The molecule has 5 nitrogen and oxygen atoms in total. The van der Waals surface area contributed by atoms with Crippen LogP contribution in [0.5, 0.6) is 0 Å². The molecule has 1 aliphatic heterocycles. The van der Waals surface area contributed by atoms with E-state index >= 15 is 0 Å². The second-order valence-corrected chi connectivity index (χ2v) is 4.78. The van der Waals surface area contributed by atoms with E-state index in [4.69, 9.17) is 0 Å². The van der Waals surface area contributed by atoms with E-state index in [1.807, 2.05) is 39.8 Å². The topological polar surface area (TPSA) is 71.1 Å². The Hall–Kier alpha value is -1.91. The Morgan fingerprint density at radius 2 is 1.82 bits per heavy atom. The summed E-state index contributed by atoms with van der Waals surface area (Å²) >= 11 is 0. The molecule has 124 valence electrons. The number of nitrogens with zero attached hydrogens (tertiary/aromatic N) is 1. The number of imide groups is 1. The van der Waals surface area contributed by atoms with Gasteiger partial charge < -0.3 is 5.32 Å². The van der Waals surface area contributed by atoms with Gasteiger partial charge in [0.1, 0.15) is 11.9 Å². The Labute approximate surface area is 133 Å². The maximum absolute atomic E-state index is 11.6. The van der Waals surface area contributed by atoms with Gasteiger partial charge in [-0.05, 0) is 24.0 Å². The van der Waals surface area contributed by atoms with Crippen molar-refractivity contribution in [1.82, 2.24) is 10.3 Å². The smallest absolute Gasteiger partial charge is 0.249 e. The molecule has 1 aromatic rings. The fourth-order valence-corrected chi connectivity index (χ4v) is 1.84. The molecule has 0 aliphatic carbocycles. The molecule has 2 amide bonds. The molecule has 1 aliphatic rings. The molecule has 1 aromatic heterocycles. The summed E-state index contributed by atoms with van der Waals surface area (Å²) in [7, 11) is 0. The number of nitrogens with one attached hydrogen (secondary N) is 2. The predicted molar refractivity (Wildman–Crippen MR) is 90.8 cm³/mol. The van der Waals surface area contributed by atoms with Gasteiger partial charge in [0.2, 0.25) is 11.8 Å². The fourth-order valence-electron chi connectivity index (χ4n) is 1.84. The summed E-state index contributed by atoms with van der Waals surface area (Å²) in [6, 6.07) is 3.48. The number of hydrogen-bond acceptors (Lipinski definition) is 4. The van der Waals surface area contributed by atoms with Gasteiger partial charge in [-0.15, -0.1) is 0 Å². The third-order valence-corrected chi connectivity index (χ3v) is 3.01. The van der Waals surface area contributed by atoms with Crippen LogP contribution in [0.1, 0.15) is 65.9 Å². The lowest BCUT2D eigenvalue weighted by Gasteiger charge is -2.22. The minimum absolute atomic E-state index is 0.207. The highest BCUT2D eigenvalue weighted by atomic mass is 16.2. The first-order valence-corrected chi connectivity index (χ1v) is 8.12. The lowest BCUT2D eigenvalue weighted by atomic mass is 10.1. The molecule has 1 fully saturated rings. The van der Waals surface area contributed by atoms with Crippen LogP contribution < -0.4 is 10.6 Å². The van der Waals surface area contributed by atoms with E-state index in [0.29, 0.717) is 24.6 Å². The molecule has 1 unspecified atom stereocenters. The number of carbonyl (C=O) groups excluding carboxylic acids is 2. The Morgan fingerprint density at radius 1 is 1.18 bits per heavy atom. The van der Waals surface area contributed by atoms with Crippen LogP contribution in [-0.4, -0.2) is 22.8 Å². The monoisotopic (exact) mass is 307 g/mol. The average Bonchev–Trinajstić information content (AvgIpc) is 2.54. The fraction of sp³-hybridized carbons (Fsp3) is 0.588. The van der Waals surface area contributed by atoms with E-state index in [9.17, 15) is 9.59 Å². The van der Waals surface area contributed by atoms with Gasteiger partial charge in [-0.25, -0.2) is 4.98 Å². The van der Waals surface area contributed by atoms with Crippen molar-refractivity contribution in [2.45, 2.75) is 66.3 Å². The quantitative estimate of drug-likeness (QED) is 0.839. The second kappa shape index (κ2) is 10.8. The first kappa shape index (κ1) is 20.1. The minimum atomic E-state index is -0.375. The van der Waals surface area contributed by atoms with E-state index in [-0.39, 0.29) is 17.9 Å². The van der Waals surface area contributed by atoms with Gasteiger partial charge in [0.15, 0.2) is 0 Å². The molecule has 2 heterocycles. The molecule has 1 atom stereocenters. The number of anilines is 1. The van der Waals surface area contributed by atoms with Crippen LogP contribution in [0.4, 0.5) is 5.82 Å². The van der Waals surface area contributed by atoms with Gasteiger partial charge in [-0.2, -0.15) is 0 Å². The highest BCUT2D eigenvalue weighted by molar-refractivity contribution is 6.01. The summed E-state index contributed by atoms with van der Waals surface area (Å²) in [6.45, 7) is 12.2. The van der Waals surface area contributed by atoms with E-state index in [2.05, 4.69) is 29.5 Å². The SMILES string of the molecule is CC.CC.CC(C)c1ccc(NC2CCC(=O)NC2=O)nc1. The number of hydrogen-bond donors (Lipinski definition) is 2. The number of amides is 2.